The molecule has 1 saturated carbocycles. The highest BCUT2D eigenvalue weighted by Gasteiger charge is 2.43. The average molecular weight is 175 g/mol. The van der Waals surface area contributed by atoms with E-state index in [0.29, 0.717) is 25.2 Å². The largest absolute Gasteiger partial charge is 0.330 e. The summed E-state index contributed by atoms with van der Waals surface area (Å²) in [6.45, 7) is 0.572. The van der Waals surface area contributed by atoms with Crippen molar-refractivity contribution >= 4 is 5.78 Å². The lowest BCUT2D eigenvalue weighted by Gasteiger charge is -2.39. The molecule has 2 N–H and O–H groups in total. The highest BCUT2D eigenvalue weighted by atomic mass is 16.1. The summed E-state index contributed by atoms with van der Waals surface area (Å²) in [5.41, 5.74) is 6.87. The number of rotatable bonds is 2. The van der Waals surface area contributed by atoms with E-state index in [2.05, 4.69) is 12.1 Å². The fourth-order valence-electron chi connectivity index (χ4n) is 1.96. The van der Waals surface area contributed by atoms with Crippen LogP contribution in [0.3, 0.4) is 0 Å². The molecule has 1 fully saturated rings. The average Bonchev–Trinajstić information content (AvgIpc) is 2.14. The second-order valence-corrected chi connectivity index (χ2v) is 3.74. The first-order chi connectivity index (χ1) is 6.27. The van der Waals surface area contributed by atoms with Crippen LogP contribution in [0.5, 0.6) is 0 Å². The van der Waals surface area contributed by atoms with E-state index in [1.807, 2.05) is 18.2 Å². The van der Waals surface area contributed by atoms with Crippen molar-refractivity contribution in [2.24, 2.45) is 5.73 Å². The van der Waals surface area contributed by atoms with Gasteiger partial charge in [-0.2, -0.15) is 0 Å². The monoisotopic (exact) mass is 175 g/mol. The van der Waals surface area contributed by atoms with Crippen molar-refractivity contribution in [1.29, 1.82) is 0 Å². The van der Waals surface area contributed by atoms with Crippen molar-refractivity contribution in [1.82, 2.24) is 0 Å². The van der Waals surface area contributed by atoms with E-state index in [-0.39, 0.29) is 5.41 Å². The third-order valence-corrected chi connectivity index (χ3v) is 2.85. The molecule has 68 valence electrons. The molecule has 2 heteroatoms. The van der Waals surface area contributed by atoms with Gasteiger partial charge in [0.15, 0.2) is 0 Å². The summed E-state index contributed by atoms with van der Waals surface area (Å²) in [7, 11) is 0. The molecule has 0 aromatic heterocycles. The molecule has 0 aliphatic heterocycles. The molecule has 2 rings (SSSR count). The van der Waals surface area contributed by atoms with Gasteiger partial charge in [0.25, 0.3) is 0 Å². The van der Waals surface area contributed by atoms with E-state index < -0.39 is 0 Å². The fourth-order valence-corrected chi connectivity index (χ4v) is 1.96. The Morgan fingerprint density at radius 2 is 1.85 bits per heavy atom. The highest BCUT2D eigenvalue weighted by molar-refractivity contribution is 5.88. The maximum atomic E-state index is 11.0. The molecule has 0 spiro atoms. The molecule has 0 unspecified atom stereocenters. The van der Waals surface area contributed by atoms with Gasteiger partial charge in [-0.25, -0.2) is 0 Å². The summed E-state index contributed by atoms with van der Waals surface area (Å²) >= 11 is 0. The Kier molecular flexibility index (Phi) is 1.93. The Morgan fingerprint density at radius 3 is 2.31 bits per heavy atom. The first-order valence-electron chi connectivity index (χ1n) is 4.54. The molecule has 0 heterocycles. The molecule has 2 nitrogen and oxygen atoms in total. The molecular formula is C11H13NO. The molecule has 1 aromatic carbocycles. The summed E-state index contributed by atoms with van der Waals surface area (Å²) < 4.78 is 0. The number of hydrogen-bond donors (Lipinski definition) is 1. The van der Waals surface area contributed by atoms with Crippen molar-refractivity contribution < 1.29 is 4.79 Å². The summed E-state index contributed by atoms with van der Waals surface area (Å²) in [6.07, 6.45) is 1.24. The minimum absolute atomic E-state index is 0.0433. The molecular weight excluding hydrogens is 162 g/mol. The number of ketones is 1. The Hall–Kier alpha value is -1.15. The van der Waals surface area contributed by atoms with Crippen molar-refractivity contribution in [3.63, 3.8) is 0 Å². The summed E-state index contributed by atoms with van der Waals surface area (Å²) in [5.74, 6) is 0.328. The molecule has 1 aliphatic carbocycles. The number of carbonyl (C=O) groups is 1. The normalized spacial score (nSPS) is 19.6. The Balaban J connectivity index is 2.29. The number of nitrogens with two attached hydrogens (primary N) is 1. The summed E-state index contributed by atoms with van der Waals surface area (Å²) in [4.78, 5) is 11.0. The van der Waals surface area contributed by atoms with Gasteiger partial charge in [0.05, 0.1) is 0 Å². The lowest BCUT2D eigenvalue weighted by molar-refractivity contribution is -0.128. The standard InChI is InChI=1S/C11H13NO/c12-8-11(6-10(13)7-11)9-4-2-1-3-5-9/h1-5H,6-8,12H2. The Bertz CT molecular complexity index is 310. The van der Waals surface area contributed by atoms with E-state index >= 15 is 0 Å². The second-order valence-electron chi connectivity index (χ2n) is 3.74. The highest BCUT2D eigenvalue weighted by Crippen LogP contribution is 2.39. The fraction of sp³-hybridized carbons (Fsp3) is 0.364. The van der Waals surface area contributed by atoms with E-state index in [1.165, 1.54) is 5.56 Å². The summed E-state index contributed by atoms with van der Waals surface area (Å²) in [5, 5.41) is 0. The van der Waals surface area contributed by atoms with Gasteiger partial charge >= 0.3 is 0 Å². The van der Waals surface area contributed by atoms with Crippen molar-refractivity contribution in [2.75, 3.05) is 6.54 Å². The van der Waals surface area contributed by atoms with Crippen molar-refractivity contribution in [2.45, 2.75) is 18.3 Å². The maximum Gasteiger partial charge on any atom is 0.134 e. The van der Waals surface area contributed by atoms with Crippen molar-refractivity contribution in [3.8, 4) is 0 Å². The molecule has 1 aliphatic rings. The van der Waals surface area contributed by atoms with Crippen LogP contribution in [0.15, 0.2) is 30.3 Å². The van der Waals surface area contributed by atoms with Crippen LogP contribution in [-0.4, -0.2) is 12.3 Å². The maximum absolute atomic E-state index is 11.0. The molecule has 1 aromatic rings. The first kappa shape index (κ1) is 8.45. The minimum Gasteiger partial charge on any atom is -0.330 e. The van der Waals surface area contributed by atoms with E-state index in [4.69, 9.17) is 5.73 Å². The number of hydrogen-bond acceptors (Lipinski definition) is 2. The van der Waals surface area contributed by atoms with Gasteiger partial charge in [-0.05, 0) is 5.56 Å². The Morgan fingerprint density at radius 1 is 1.23 bits per heavy atom. The van der Waals surface area contributed by atoms with Crippen LogP contribution in [0.25, 0.3) is 0 Å². The van der Waals surface area contributed by atoms with E-state index in [1.54, 1.807) is 0 Å². The minimum atomic E-state index is -0.0433. The first-order valence-corrected chi connectivity index (χ1v) is 4.54. The zero-order valence-corrected chi connectivity index (χ0v) is 7.49. The molecule has 0 amide bonds. The number of benzene rings is 1. The zero-order valence-electron chi connectivity index (χ0n) is 7.49. The van der Waals surface area contributed by atoms with Crippen LogP contribution in [0.1, 0.15) is 18.4 Å². The molecule has 0 bridgehead atoms. The smallest absolute Gasteiger partial charge is 0.134 e. The lowest BCUT2D eigenvalue weighted by Crippen LogP contribution is -2.47. The van der Waals surface area contributed by atoms with E-state index in [0.717, 1.165) is 0 Å². The third kappa shape index (κ3) is 1.27. The third-order valence-electron chi connectivity index (χ3n) is 2.85. The van der Waals surface area contributed by atoms with Crippen LogP contribution in [0.2, 0.25) is 0 Å². The van der Waals surface area contributed by atoms with Gasteiger partial charge in [0.2, 0.25) is 0 Å². The Labute approximate surface area is 77.8 Å². The number of Topliss-reactive ketones (excluding diaryl/α,β-unsaturated/α-hetero) is 1. The van der Waals surface area contributed by atoms with Gasteiger partial charge < -0.3 is 5.73 Å². The quantitative estimate of drug-likeness (QED) is 0.735. The molecule has 0 radical (unpaired) electrons. The van der Waals surface area contributed by atoms with Crippen LogP contribution in [0.4, 0.5) is 0 Å². The van der Waals surface area contributed by atoms with Gasteiger partial charge in [-0.1, -0.05) is 30.3 Å². The number of carbonyl (C=O) groups excluding carboxylic acids is 1. The molecule has 13 heavy (non-hydrogen) atoms. The van der Waals surface area contributed by atoms with Crippen LogP contribution < -0.4 is 5.73 Å². The summed E-state index contributed by atoms with van der Waals surface area (Å²) in [6, 6.07) is 10.1. The van der Waals surface area contributed by atoms with Crippen molar-refractivity contribution in [3.05, 3.63) is 35.9 Å². The second kappa shape index (κ2) is 2.96. The van der Waals surface area contributed by atoms with E-state index in [9.17, 15) is 4.79 Å². The lowest BCUT2D eigenvalue weighted by atomic mass is 9.64. The van der Waals surface area contributed by atoms with Crippen LogP contribution in [-0.2, 0) is 10.2 Å². The van der Waals surface area contributed by atoms with Gasteiger partial charge in [0.1, 0.15) is 5.78 Å². The van der Waals surface area contributed by atoms with Gasteiger partial charge in [-0.15, -0.1) is 0 Å². The predicted molar refractivity (Wildman–Crippen MR) is 51.4 cm³/mol. The van der Waals surface area contributed by atoms with Gasteiger partial charge in [0, 0.05) is 24.8 Å². The van der Waals surface area contributed by atoms with Gasteiger partial charge in [-0.3, -0.25) is 4.79 Å². The SMILES string of the molecule is NCC1(c2ccccc2)CC(=O)C1. The molecule has 0 atom stereocenters. The molecule has 0 saturated heterocycles. The predicted octanol–water partition coefficient (Wildman–Crippen LogP) is 1.25. The van der Waals surface area contributed by atoms with Crippen LogP contribution >= 0.6 is 0 Å². The van der Waals surface area contributed by atoms with Crippen LogP contribution in [0, 0.1) is 0 Å². The zero-order chi connectivity index (χ0) is 9.31. The topological polar surface area (TPSA) is 43.1 Å².